The quantitative estimate of drug-likeness (QED) is 0.530. The number of pyridine rings is 1. The van der Waals surface area contributed by atoms with E-state index in [0.29, 0.717) is 22.6 Å². The smallest absolute Gasteiger partial charge is 0.233 e. The number of nitrogens with one attached hydrogen (secondary N) is 2. The molecule has 0 bridgehead atoms. The number of hydrogen-bond acceptors (Lipinski definition) is 4. The second kappa shape index (κ2) is 7.71. The third-order valence-corrected chi connectivity index (χ3v) is 6.57. The van der Waals surface area contributed by atoms with Gasteiger partial charge >= 0.3 is 0 Å². The monoisotopic (exact) mass is 430 g/mol. The van der Waals surface area contributed by atoms with Crippen LogP contribution in [0.15, 0.2) is 36.5 Å². The molecular formula is C21H23FN4O3S. The van der Waals surface area contributed by atoms with Crippen molar-refractivity contribution in [2.75, 3.05) is 15.4 Å². The number of carbonyl (C=O) groups excluding carboxylic acids is 1. The summed E-state index contributed by atoms with van der Waals surface area (Å²) < 4.78 is 41.4. The van der Waals surface area contributed by atoms with Gasteiger partial charge in [0.2, 0.25) is 16.4 Å². The number of anilines is 2. The first-order valence-electron chi connectivity index (χ1n) is 9.79. The summed E-state index contributed by atoms with van der Waals surface area (Å²) in [5.41, 5.74) is 1.78. The first-order chi connectivity index (χ1) is 14.3. The summed E-state index contributed by atoms with van der Waals surface area (Å²) in [4.78, 5) is 20.7. The lowest BCUT2D eigenvalue weighted by atomic mass is 10.0. The van der Waals surface area contributed by atoms with Gasteiger partial charge in [-0.3, -0.25) is 14.4 Å². The molecule has 1 aromatic carbocycles. The van der Waals surface area contributed by atoms with Crippen LogP contribution in [0.1, 0.15) is 26.7 Å². The first kappa shape index (κ1) is 20.3. The lowest BCUT2D eigenvalue weighted by Gasteiger charge is -2.17. The van der Waals surface area contributed by atoms with Crippen LogP contribution >= 0.6 is 0 Å². The molecular weight excluding hydrogens is 407 g/mol. The predicted octanol–water partition coefficient (Wildman–Crippen LogP) is 3.89. The molecule has 2 aromatic heterocycles. The standard InChI is InChI=1S/C21H23FN4O3S/c1-13(2)11-30(28,29)25-19-6-3-14(9-18(19)22)17-10-20(26(12-27)15-4-5-15)24-21-16(17)7-8-23-21/h3,6-10,12-13,15,25H,4-5,11H2,1-2H3,(H,23,24). The molecule has 9 heteroatoms. The van der Waals surface area contributed by atoms with Gasteiger partial charge in [-0.1, -0.05) is 19.9 Å². The molecule has 1 aliphatic rings. The molecule has 7 nitrogen and oxygen atoms in total. The van der Waals surface area contributed by atoms with Crippen molar-refractivity contribution in [2.45, 2.75) is 32.7 Å². The van der Waals surface area contributed by atoms with Gasteiger partial charge in [-0.05, 0) is 54.2 Å². The highest BCUT2D eigenvalue weighted by Crippen LogP contribution is 2.36. The zero-order chi connectivity index (χ0) is 21.5. The van der Waals surface area contributed by atoms with E-state index < -0.39 is 15.8 Å². The van der Waals surface area contributed by atoms with Gasteiger partial charge in [0.1, 0.15) is 17.3 Å². The number of aromatic amines is 1. The van der Waals surface area contributed by atoms with Crippen LogP contribution in [0.3, 0.4) is 0 Å². The molecule has 2 heterocycles. The van der Waals surface area contributed by atoms with Crippen LogP contribution in [0.25, 0.3) is 22.2 Å². The molecule has 2 N–H and O–H groups in total. The van der Waals surface area contributed by atoms with E-state index in [4.69, 9.17) is 0 Å². The summed E-state index contributed by atoms with van der Waals surface area (Å²) in [5, 5.41) is 0.785. The minimum atomic E-state index is -3.63. The molecule has 1 aliphatic carbocycles. The van der Waals surface area contributed by atoms with Gasteiger partial charge in [0.05, 0.1) is 11.4 Å². The third-order valence-electron chi connectivity index (χ3n) is 4.93. The molecule has 0 unspecified atom stereocenters. The molecule has 1 amide bonds. The maximum Gasteiger partial charge on any atom is 0.233 e. The summed E-state index contributed by atoms with van der Waals surface area (Å²) in [6, 6.07) is 8.11. The largest absolute Gasteiger partial charge is 0.346 e. The van der Waals surface area contributed by atoms with Gasteiger partial charge in [-0.25, -0.2) is 17.8 Å². The van der Waals surface area contributed by atoms with Gasteiger partial charge in [-0.2, -0.15) is 0 Å². The number of rotatable bonds is 8. The van der Waals surface area contributed by atoms with Crippen molar-refractivity contribution >= 4 is 39.0 Å². The topological polar surface area (TPSA) is 95.2 Å². The zero-order valence-corrected chi connectivity index (χ0v) is 17.5. The SMILES string of the molecule is CC(C)CS(=O)(=O)Nc1ccc(-c2cc(N(C=O)C3CC3)nc3[nH]ccc23)cc1F. The van der Waals surface area contributed by atoms with Crippen LogP contribution in [-0.2, 0) is 14.8 Å². The summed E-state index contributed by atoms with van der Waals surface area (Å²) in [6.07, 6.45) is 4.36. The number of H-pyrrole nitrogens is 1. The number of amides is 1. The van der Waals surface area contributed by atoms with Gasteiger partial charge in [0.15, 0.2) is 0 Å². The molecule has 0 radical (unpaired) electrons. The molecule has 1 fully saturated rings. The number of carbonyl (C=O) groups is 1. The molecule has 3 aromatic rings. The summed E-state index contributed by atoms with van der Waals surface area (Å²) in [7, 11) is -3.63. The van der Waals surface area contributed by atoms with Crippen LogP contribution in [0, 0.1) is 11.7 Å². The van der Waals surface area contributed by atoms with E-state index in [9.17, 15) is 17.6 Å². The van der Waals surface area contributed by atoms with E-state index in [0.717, 1.165) is 24.6 Å². The Morgan fingerprint density at radius 2 is 2.07 bits per heavy atom. The fourth-order valence-corrected chi connectivity index (χ4v) is 4.95. The van der Waals surface area contributed by atoms with Gasteiger partial charge in [0, 0.05) is 17.6 Å². The van der Waals surface area contributed by atoms with Crippen LogP contribution < -0.4 is 9.62 Å². The van der Waals surface area contributed by atoms with Crippen molar-refractivity contribution in [1.82, 2.24) is 9.97 Å². The van der Waals surface area contributed by atoms with Gasteiger partial charge in [-0.15, -0.1) is 0 Å². The van der Waals surface area contributed by atoms with Crippen LogP contribution in [0.5, 0.6) is 0 Å². The van der Waals surface area contributed by atoms with Crippen molar-refractivity contribution in [3.8, 4) is 11.1 Å². The van der Waals surface area contributed by atoms with Gasteiger partial charge < -0.3 is 4.98 Å². The highest BCUT2D eigenvalue weighted by atomic mass is 32.2. The van der Waals surface area contributed by atoms with Crippen molar-refractivity contribution in [2.24, 2.45) is 5.92 Å². The first-order valence-corrected chi connectivity index (χ1v) is 11.4. The van der Waals surface area contributed by atoms with E-state index >= 15 is 0 Å². The molecule has 0 aliphatic heterocycles. The highest BCUT2D eigenvalue weighted by Gasteiger charge is 2.30. The number of fused-ring (bicyclic) bond motifs is 1. The Balaban J connectivity index is 1.72. The average molecular weight is 431 g/mol. The van der Waals surface area contributed by atoms with E-state index in [1.54, 1.807) is 37.1 Å². The van der Waals surface area contributed by atoms with E-state index in [1.165, 1.54) is 12.1 Å². The molecule has 4 rings (SSSR count). The Kier molecular flexibility index (Phi) is 5.23. The maximum absolute atomic E-state index is 14.8. The molecule has 1 saturated carbocycles. The van der Waals surface area contributed by atoms with E-state index in [1.807, 2.05) is 6.07 Å². The maximum atomic E-state index is 14.8. The molecule has 0 spiro atoms. The lowest BCUT2D eigenvalue weighted by Crippen LogP contribution is -2.24. The zero-order valence-electron chi connectivity index (χ0n) is 16.7. The van der Waals surface area contributed by atoms with Gasteiger partial charge in [0.25, 0.3) is 0 Å². The number of benzene rings is 1. The van der Waals surface area contributed by atoms with Crippen LogP contribution in [-0.4, -0.2) is 36.6 Å². The number of halogens is 1. The fraction of sp³-hybridized carbons (Fsp3) is 0.333. The minimum Gasteiger partial charge on any atom is -0.346 e. The fourth-order valence-electron chi connectivity index (χ4n) is 3.49. The Morgan fingerprint density at radius 3 is 2.70 bits per heavy atom. The third kappa shape index (κ3) is 4.16. The van der Waals surface area contributed by atoms with E-state index in [2.05, 4.69) is 14.7 Å². The number of sulfonamides is 1. The normalized spacial score (nSPS) is 14.3. The lowest BCUT2D eigenvalue weighted by molar-refractivity contribution is -0.107. The Bertz CT molecular complexity index is 1200. The van der Waals surface area contributed by atoms with Crippen LogP contribution in [0.2, 0.25) is 0 Å². The van der Waals surface area contributed by atoms with Crippen LogP contribution in [0.4, 0.5) is 15.9 Å². The Labute approximate surface area is 174 Å². The molecule has 158 valence electrons. The average Bonchev–Trinajstić information content (AvgIpc) is 3.38. The summed E-state index contributed by atoms with van der Waals surface area (Å²) in [6.45, 7) is 3.57. The predicted molar refractivity (Wildman–Crippen MR) is 115 cm³/mol. The second-order valence-corrected chi connectivity index (χ2v) is 9.75. The second-order valence-electron chi connectivity index (χ2n) is 7.98. The van der Waals surface area contributed by atoms with Crippen molar-refractivity contribution in [1.29, 1.82) is 0 Å². The number of nitrogens with zero attached hydrogens (tertiary/aromatic N) is 2. The molecule has 0 saturated heterocycles. The minimum absolute atomic E-state index is 0.0748. The Hall–Kier alpha value is -2.94. The number of aromatic nitrogens is 2. The Morgan fingerprint density at radius 1 is 1.30 bits per heavy atom. The summed E-state index contributed by atoms with van der Waals surface area (Å²) >= 11 is 0. The summed E-state index contributed by atoms with van der Waals surface area (Å²) in [5.74, 6) is -0.334. The van der Waals surface area contributed by atoms with Crippen molar-refractivity contribution in [3.63, 3.8) is 0 Å². The molecule has 30 heavy (non-hydrogen) atoms. The number of hydrogen-bond donors (Lipinski definition) is 2. The van der Waals surface area contributed by atoms with Crippen molar-refractivity contribution < 1.29 is 17.6 Å². The highest BCUT2D eigenvalue weighted by molar-refractivity contribution is 7.92. The van der Waals surface area contributed by atoms with Crippen molar-refractivity contribution in [3.05, 3.63) is 42.3 Å². The molecule has 0 atom stereocenters. The van der Waals surface area contributed by atoms with E-state index in [-0.39, 0.29) is 23.4 Å².